The third-order valence-corrected chi connectivity index (χ3v) is 8.44. The van der Waals surface area contributed by atoms with Crippen molar-refractivity contribution in [3.63, 3.8) is 0 Å². The van der Waals surface area contributed by atoms with Gasteiger partial charge in [0.15, 0.2) is 5.65 Å². The minimum atomic E-state index is -0.161. The van der Waals surface area contributed by atoms with Gasteiger partial charge in [-0.15, -0.1) is 0 Å². The molecule has 0 atom stereocenters. The lowest BCUT2D eigenvalue weighted by atomic mass is 9.96. The van der Waals surface area contributed by atoms with Crippen LogP contribution < -0.4 is 9.47 Å². The Morgan fingerprint density at radius 2 is 1.74 bits per heavy atom. The summed E-state index contributed by atoms with van der Waals surface area (Å²) in [5, 5.41) is 8.72. The third kappa shape index (κ3) is 6.19. The second-order valence-electron chi connectivity index (χ2n) is 11.6. The molecular weight excluding hydrogens is 594 g/mol. The fraction of sp³-hybridized carbons (Fsp3) is 0.243. The molecule has 3 aromatic heterocycles. The van der Waals surface area contributed by atoms with Crippen molar-refractivity contribution < 1.29 is 23.5 Å². The first-order valence-electron chi connectivity index (χ1n) is 15.6. The molecule has 3 aromatic carbocycles. The summed E-state index contributed by atoms with van der Waals surface area (Å²) < 4.78 is 24.6. The molecule has 2 bridgehead atoms. The van der Waals surface area contributed by atoms with E-state index in [0.29, 0.717) is 50.5 Å². The van der Waals surface area contributed by atoms with Gasteiger partial charge in [0.25, 0.3) is 5.91 Å². The van der Waals surface area contributed by atoms with Crippen LogP contribution in [0.5, 0.6) is 11.5 Å². The molecule has 7 rings (SSSR count). The number of hydrogen-bond acceptors (Lipinski definition) is 8. The number of benzene rings is 3. The smallest absolute Gasteiger partial charge is 0.259 e. The van der Waals surface area contributed by atoms with Crippen LogP contribution >= 0.6 is 0 Å². The number of amides is 1. The number of fused-ring (bicyclic) bond motifs is 4. The summed E-state index contributed by atoms with van der Waals surface area (Å²) in [6, 6.07) is 24.1. The van der Waals surface area contributed by atoms with Crippen molar-refractivity contribution in [2.75, 3.05) is 33.5 Å². The van der Waals surface area contributed by atoms with Crippen LogP contribution in [0.25, 0.3) is 28.0 Å². The summed E-state index contributed by atoms with van der Waals surface area (Å²) in [6.07, 6.45) is 3.96. The number of aromatic nitrogens is 4. The van der Waals surface area contributed by atoms with Crippen LogP contribution in [0.3, 0.4) is 0 Å². The number of nitrogens with zero attached hydrogens (tertiary/aromatic N) is 5. The van der Waals surface area contributed by atoms with Crippen molar-refractivity contribution >= 4 is 11.6 Å². The Labute approximate surface area is 272 Å². The highest BCUT2D eigenvalue weighted by atomic mass is 16.5. The van der Waals surface area contributed by atoms with Crippen molar-refractivity contribution in [3.05, 3.63) is 119 Å². The summed E-state index contributed by atoms with van der Waals surface area (Å²) in [6.45, 7) is 5.82. The zero-order chi connectivity index (χ0) is 32.3. The molecule has 0 radical (unpaired) electrons. The van der Waals surface area contributed by atoms with Crippen LogP contribution in [-0.2, 0) is 17.7 Å². The maximum absolute atomic E-state index is 14.1. The summed E-state index contributed by atoms with van der Waals surface area (Å²) >= 11 is 0. The van der Waals surface area contributed by atoms with Gasteiger partial charge in [-0.3, -0.25) is 4.79 Å². The highest BCUT2D eigenvalue weighted by Gasteiger charge is 2.23. The highest BCUT2D eigenvalue weighted by Crippen LogP contribution is 2.33. The maximum atomic E-state index is 14.1. The standard InChI is InChI=1S/C37H35N5O5/c1-24-35(25(2)47-40-24)29-9-12-34-30(21-29)20-26-5-4-6-27(19-26)23-41(15-16-45-17-18-46-34)37(43)32-22-39-42-33(13-14-38-36(32)42)28-7-10-31(44-3)11-8-28/h4-14,19,21-22H,15-18,20,23H2,1-3H3. The van der Waals surface area contributed by atoms with Gasteiger partial charge < -0.3 is 23.6 Å². The predicted octanol–water partition coefficient (Wildman–Crippen LogP) is 6.32. The van der Waals surface area contributed by atoms with Gasteiger partial charge in [0, 0.05) is 36.8 Å². The fourth-order valence-corrected chi connectivity index (χ4v) is 6.12. The Bertz CT molecular complexity index is 2030. The number of methoxy groups -OCH3 is 1. The zero-order valence-corrected chi connectivity index (χ0v) is 26.6. The third-order valence-electron chi connectivity index (χ3n) is 8.44. The van der Waals surface area contributed by atoms with Crippen molar-refractivity contribution in [1.82, 2.24) is 24.7 Å². The number of aryl methyl sites for hydroxylation is 2. The first kappa shape index (κ1) is 30.2. The Balaban J connectivity index is 1.19. The van der Waals surface area contributed by atoms with Crippen molar-refractivity contribution in [2.45, 2.75) is 26.8 Å². The molecule has 238 valence electrons. The van der Waals surface area contributed by atoms with Gasteiger partial charge in [0.1, 0.15) is 29.4 Å². The number of hydrogen-bond donors (Lipinski definition) is 0. The lowest BCUT2D eigenvalue weighted by Gasteiger charge is -2.23. The van der Waals surface area contributed by atoms with E-state index in [1.165, 1.54) is 0 Å². The van der Waals surface area contributed by atoms with Gasteiger partial charge in [-0.1, -0.05) is 35.5 Å². The zero-order valence-electron chi connectivity index (χ0n) is 26.6. The highest BCUT2D eigenvalue weighted by molar-refractivity contribution is 6.00. The quantitative estimate of drug-likeness (QED) is 0.223. The van der Waals surface area contributed by atoms with E-state index < -0.39 is 0 Å². The van der Waals surface area contributed by atoms with E-state index in [9.17, 15) is 4.79 Å². The number of rotatable bonds is 4. The molecule has 6 aromatic rings. The lowest BCUT2D eigenvalue weighted by Crippen LogP contribution is -2.34. The number of carbonyl (C=O) groups is 1. The fourth-order valence-electron chi connectivity index (χ4n) is 6.12. The normalized spacial score (nSPS) is 13.9. The van der Waals surface area contributed by atoms with E-state index in [1.54, 1.807) is 28.9 Å². The van der Waals surface area contributed by atoms with E-state index >= 15 is 0 Å². The molecule has 1 amide bonds. The van der Waals surface area contributed by atoms with Crippen LogP contribution in [0.1, 0.15) is 38.5 Å². The van der Waals surface area contributed by atoms with Crippen LogP contribution in [0.2, 0.25) is 0 Å². The van der Waals surface area contributed by atoms with E-state index in [4.69, 9.17) is 18.7 Å². The Kier molecular flexibility index (Phi) is 8.41. The Morgan fingerprint density at radius 3 is 2.55 bits per heavy atom. The van der Waals surface area contributed by atoms with Gasteiger partial charge in [0.2, 0.25) is 0 Å². The van der Waals surface area contributed by atoms with Gasteiger partial charge >= 0.3 is 0 Å². The minimum Gasteiger partial charge on any atom is -0.497 e. The molecule has 0 fully saturated rings. The van der Waals surface area contributed by atoms with E-state index in [0.717, 1.165) is 62.0 Å². The molecule has 1 aliphatic rings. The predicted molar refractivity (Wildman–Crippen MR) is 177 cm³/mol. The van der Waals surface area contributed by atoms with Crippen molar-refractivity contribution in [3.8, 4) is 33.9 Å². The molecular formula is C37H35N5O5. The molecule has 1 aliphatic heterocycles. The number of carbonyl (C=O) groups excluding carboxylic acids is 1. The average molecular weight is 630 g/mol. The van der Waals surface area contributed by atoms with E-state index in [1.807, 2.05) is 68.4 Å². The molecule has 0 N–H and O–H groups in total. The SMILES string of the molecule is COc1ccc(-c2ccnc3c(C(=O)N4CCOCCOc5ccc(-c6c(C)noc6C)cc5Cc5cccc(c5)C4)cnn23)cc1. The van der Waals surface area contributed by atoms with Crippen LogP contribution in [0, 0.1) is 13.8 Å². The monoisotopic (exact) mass is 629 g/mol. The first-order chi connectivity index (χ1) is 23.0. The Morgan fingerprint density at radius 1 is 0.915 bits per heavy atom. The molecule has 0 aliphatic carbocycles. The molecule has 4 heterocycles. The molecule has 10 heteroatoms. The van der Waals surface area contributed by atoms with E-state index in [2.05, 4.69) is 33.4 Å². The molecule has 0 saturated carbocycles. The second-order valence-corrected chi connectivity index (χ2v) is 11.6. The topological polar surface area (TPSA) is 104 Å². The molecule has 10 nitrogen and oxygen atoms in total. The van der Waals surface area contributed by atoms with Crippen LogP contribution in [0.4, 0.5) is 0 Å². The van der Waals surface area contributed by atoms with Crippen molar-refractivity contribution in [2.24, 2.45) is 0 Å². The molecule has 0 unspecified atom stereocenters. The lowest BCUT2D eigenvalue weighted by molar-refractivity contribution is 0.0572. The van der Waals surface area contributed by atoms with E-state index in [-0.39, 0.29) is 5.91 Å². The average Bonchev–Trinajstić information content (AvgIpc) is 3.68. The largest absolute Gasteiger partial charge is 0.497 e. The van der Waals surface area contributed by atoms with Gasteiger partial charge in [-0.25, -0.2) is 9.50 Å². The van der Waals surface area contributed by atoms with Crippen LogP contribution in [-0.4, -0.2) is 64.0 Å². The Hall–Kier alpha value is -5.48. The summed E-state index contributed by atoms with van der Waals surface area (Å²) in [5.74, 6) is 2.20. The number of ether oxygens (including phenoxy) is 3. The summed E-state index contributed by atoms with van der Waals surface area (Å²) in [5.41, 5.74) is 8.75. The summed E-state index contributed by atoms with van der Waals surface area (Å²) in [4.78, 5) is 20.5. The minimum absolute atomic E-state index is 0.161. The second kappa shape index (κ2) is 13.1. The van der Waals surface area contributed by atoms with Crippen LogP contribution in [0.15, 0.2) is 89.7 Å². The first-order valence-corrected chi connectivity index (χ1v) is 15.6. The van der Waals surface area contributed by atoms with Gasteiger partial charge in [-0.2, -0.15) is 5.10 Å². The van der Waals surface area contributed by atoms with Crippen molar-refractivity contribution in [1.29, 1.82) is 0 Å². The molecule has 0 spiro atoms. The summed E-state index contributed by atoms with van der Waals surface area (Å²) in [7, 11) is 1.64. The molecule has 0 saturated heterocycles. The van der Waals surface area contributed by atoms with Gasteiger partial charge in [-0.05, 0) is 78.6 Å². The maximum Gasteiger partial charge on any atom is 0.259 e. The molecule has 47 heavy (non-hydrogen) atoms. The van der Waals surface area contributed by atoms with Gasteiger partial charge in [0.05, 0.1) is 37.9 Å².